The Balaban J connectivity index is 2.62. The number of ether oxygens (including phenoxy) is 1. The molecule has 1 aromatic carbocycles. The summed E-state index contributed by atoms with van der Waals surface area (Å²) in [6, 6.07) is 7.38. The SMILES string of the molecule is C=CCN(CCOC)C(=O)Cc1cccc(N)c1. The van der Waals surface area contributed by atoms with Gasteiger partial charge < -0.3 is 15.4 Å². The number of benzene rings is 1. The van der Waals surface area contributed by atoms with Crippen molar-refractivity contribution in [1.29, 1.82) is 0 Å². The summed E-state index contributed by atoms with van der Waals surface area (Å²) in [5, 5.41) is 0. The average Bonchev–Trinajstić information content (AvgIpc) is 2.34. The fraction of sp³-hybridized carbons (Fsp3) is 0.357. The molecular weight excluding hydrogens is 228 g/mol. The second kappa shape index (κ2) is 7.50. The minimum Gasteiger partial charge on any atom is -0.399 e. The Bertz CT molecular complexity index is 405. The molecule has 0 unspecified atom stereocenters. The van der Waals surface area contributed by atoms with E-state index in [2.05, 4.69) is 6.58 Å². The van der Waals surface area contributed by atoms with Gasteiger partial charge in [-0.1, -0.05) is 18.2 Å². The molecule has 98 valence electrons. The fourth-order valence-corrected chi connectivity index (χ4v) is 1.66. The zero-order valence-electron chi connectivity index (χ0n) is 10.8. The third-order valence-electron chi connectivity index (χ3n) is 2.57. The van der Waals surface area contributed by atoms with Crippen LogP contribution in [0.25, 0.3) is 0 Å². The Labute approximate surface area is 108 Å². The van der Waals surface area contributed by atoms with Gasteiger partial charge in [0.25, 0.3) is 0 Å². The van der Waals surface area contributed by atoms with Gasteiger partial charge >= 0.3 is 0 Å². The van der Waals surface area contributed by atoms with E-state index in [9.17, 15) is 4.79 Å². The van der Waals surface area contributed by atoms with Crippen molar-refractivity contribution in [1.82, 2.24) is 4.90 Å². The maximum Gasteiger partial charge on any atom is 0.227 e. The van der Waals surface area contributed by atoms with Crippen LogP contribution in [0.5, 0.6) is 0 Å². The monoisotopic (exact) mass is 248 g/mol. The summed E-state index contributed by atoms with van der Waals surface area (Å²) in [6.45, 7) is 5.29. The summed E-state index contributed by atoms with van der Waals surface area (Å²) < 4.78 is 4.99. The van der Waals surface area contributed by atoms with E-state index < -0.39 is 0 Å². The lowest BCUT2D eigenvalue weighted by Crippen LogP contribution is -2.35. The van der Waals surface area contributed by atoms with E-state index in [1.165, 1.54) is 0 Å². The van der Waals surface area contributed by atoms with Crippen LogP contribution in [0, 0.1) is 0 Å². The van der Waals surface area contributed by atoms with E-state index in [0.29, 0.717) is 31.8 Å². The molecule has 4 heteroatoms. The molecule has 0 spiro atoms. The maximum absolute atomic E-state index is 12.1. The van der Waals surface area contributed by atoms with Gasteiger partial charge in [0.15, 0.2) is 0 Å². The molecule has 0 aromatic heterocycles. The van der Waals surface area contributed by atoms with Crippen LogP contribution in [0.3, 0.4) is 0 Å². The summed E-state index contributed by atoms with van der Waals surface area (Å²) in [7, 11) is 1.62. The quantitative estimate of drug-likeness (QED) is 0.587. The van der Waals surface area contributed by atoms with Crippen molar-refractivity contribution in [2.24, 2.45) is 0 Å². The second-order valence-electron chi connectivity index (χ2n) is 4.04. The molecule has 0 atom stereocenters. The highest BCUT2D eigenvalue weighted by molar-refractivity contribution is 5.79. The van der Waals surface area contributed by atoms with Crippen molar-refractivity contribution < 1.29 is 9.53 Å². The molecule has 2 N–H and O–H groups in total. The number of carbonyl (C=O) groups excluding carboxylic acids is 1. The molecule has 0 saturated carbocycles. The minimum absolute atomic E-state index is 0.0533. The first-order valence-electron chi connectivity index (χ1n) is 5.89. The van der Waals surface area contributed by atoms with Gasteiger partial charge in [0.2, 0.25) is 5.91 Å². The predicted octanol–water partition coefficient (Wildman–Crippen LogP) is 1.47. The van der Waals surface area contributed by atoms with Gasteiger partial charge in [0, 0.05) is 25.9 Å². The summed E-state index contributed by atoms with van der Waals surface area (Å²) in [5.41, 5.74) is 7.28. The number of hydrogen-bond acceptors (Lipinski definition) is 3. The fourth-order valence-electron chi connectivity index (χ4n) is 1.66. The van der Waals surface area contributed by atoms with Gasteiger partial charge in [0.05, 0.1) is 13.0 Å². The van der Waals surface area contributed by atoms with Crippen LogP contribution in [0.15, 0.2) is 36.9 Å². The third-order valence-corrected chi connectivity index (χ3v) is 2.57. The lowest BCUT2D eigenvalue weighted by Gasteiger charge is -2.20. The predicted molar refractivity (Wildman–Crippen MR) is 73.2 cm³/mol. The Morgan fingerprint density at radius 3 is 2.94 bits per heavy atom. The van der Waals surface area contributed by atoms with Crippen LogP contribution in [-0.4, -0.2) is 37.6 Å². The van der Waals surface area contributed by atoms with E-state index in [1.807, 2.05) is 18.2 Å². The first-order chi connectivity index (χ1) is 8.67. The summed E-state index contributed by atoms with van der Waals surface area (Å²) in [5.74, 6) is 0.0533. The molecule has 0 radical (unpaired) electrons. The maximum atomic E-state index is 12.1. The lowest BCUT2D eigenvalue weighted by atomic mass is 10.1. The number of rotatable bonds is 7. The summed E-state index contributed by atoms with van der Waals surface area (Å²) in [4.78, 5) is 13.8. The van der Waals surface area contributed by atoms with Crippen molar-refractivity contribution in [3.8, 4) is 0 Å². The van der Waals surface area contributed by atoms with Crippen LogP contribution in [0.4, 0.5) is 5.69 Å². The highest BCUT2D eigenvalue weighted by atomic mass is 16.5. The number of hydrogen-bond donors (Lipinski definition) is 1. The Morgan fingerprint density at radius 1 is 1.56 bits per heavy atom. The number of amides is 1. The van der Waals surface area contributed by atoms with Gasteiger partial charge in [-0.3, -0.25) is 4.79 Å². The normalized spacial score (nSPS) is 10.1. The number of nitrogens with zero attached hydrogens (tertiary/aromatic N) is 1. The first kappa shape index (κ1) is 14.3. The number of carbonyl (C=O) groups is 1. The van der Waals surface area contributed by atoms with Gasteiger partial charge in [-0.05, 0) is 17.7 Å². The average molecular weight is 248 g/mol. The lowest BCUT2D eigenvalue weighted by molar-refractivity contribution is -0.130. The molecule has 0 heterocycles. The zero-order valence-corrected chi connectivity index (χ0v) is 10.8. The minimum atomic E-state index is 0.0533. The van der Waals surface area contributed by atoms with Crippen LogP contribution >= 0.6 is 0 Å². The molecule has 4 nitrogen and oxygen atoms in total. The van der Waals surface area contributed by atoms with Crippen molar-refractivity contribution in [2.45, 2.75) is 6.42 Å². The van der Waals surface area contributed by atoms with Crippen molar-refractivity contribution >= 4 is 11.6 Å². The molecule has 0 aliphatic rings. The molecule has 0 aliphatic heterocycles. The molecule has 1 rings (SSSR count). The van der Waals surface area contributed by atoms with E-state index in [1.54, 1.807) is 24.2 Å². The Kier molecular flexibility index (Phi) is 5.94. The highest BCUT2D eigenvalue weighted by Gasteiger charge is 2.12. The van der Waals surface area contributed by atoms with E-state index in [-0.39, 0.29) is 5.91 Å². The molecular formula is C14H20N2O2. The molecule has 0 fully saturated rings. The van der Waals surface area contributed by atoms with Gasteiger partial charge in [-0.15, -0.1) is 6.58 Å². The van der Waals surface area contributed by atoms with Crippen molar-refractivity contribution in [3.05, 3.63) is 42.5 Å². The molecule has 0 aliphatic carbocycles. The number of nitrogens with two attached hydrogens (primary N) is 1. The smallest absolute Gasteiger partial charge is 0.227 e. The number of methoxy groups -OCH3 is 1. The highest BCUT2D eigenvalue weighted by Crippen LogP contribution is 2.08. The van der Waals surface area contributed by atoms with Crippen LogP contribution in [-0.2, 0) is 16.0 Å². The first-order valence-corrected chi connectivity index (χ1v) is 5.89. The van der Waals surface area contributed by atoms with E-state index >= 15 is 0 Å². The molecule has 1 amide bonds. The van der Waals surface area contributed by atoms with Crippen LogP contribution < -0.4 is 5.73 Å². The molecule has 18 heavy (non-hydrogen) atoms. The number of nitrogen functional groups attached to an aromatic ring is 1. The van der Waals surface area contributed by atoms with Crippen molar-refractivity contribution in [3.63, 3.8) is 0 Å². The van der Waals surface area contributed by atoms with Gasteiger partial charge in [-0.25, -0.2) is 0 Å². The van der Waals surface area contributed by atoms with Gasteiger partial charge in [0.1, 0.15) is 0 Å². The van der Waals surface area contributed by atoms with Crippen LogP contribution in [0.1, 0.15) is 5.56 Å². The summed E-state index contributed by atoms with van der Waals surface area (Å²) >= 11 is 0. The molecule has 1 aromatic rings. The second-order valence-corrected chi connectivity index (χ2v) is 4.04. The molecule has 0 saturated heterocycles. The largest absolute Gasteiger partial charge is 0.399 e. The summed E-state index contributed by atoms with van der Waals surface area (Å²) in [6.07, 6.45) is 2.06. The Hall–Kier alpha value is -1.81. The molecule has 0 bridgehead atoms. The van der Waals surface area contributed by atoms with Gasteiger partial charge in [-0.2, -0.15) is 0 Å². The van der Waals surface area contributed by atoms with E-state index in [0.717, 1.165) is 5.56 Å². The topological polar surface area (TPSA) is 55.6 Å². The van der Waals surface area contributed by atoms with Crippen molar-refractivity contribution in [2.75, 3.05) is 32.5 Å². The standard InChI is InChI=1S/C14H20N2O2/c1-3-7-16(8-9-18-2)14(17)11-12-5-4-6-13(15)10-12/h3-6,10H,1,7-9,11,15H2,2H3. The third kappa shape index (κ3) is 4.59. The van der Waals surface area contributed by atoms with Crippen LogP contribution in [0.2, 0.25) is 0 Å². The zero-order chi connectivity index (χ0) is 13.4. The Morgan fingerprint density at radius 2 is 2.33 bits per heavy atom. The van der Waals surface area contributed by atoms with E-state index in [4.69, 9.17) is 10.5 Å². The number of anilines is 1.